The van der Waals surface area contributed by atoms with Crippen molar-refractivity contribution in [3.05, 3.63) is 52.7 Å². The zero-order chi connectivity index (χ0) is 15.7. The lowest BCUT2D eigenvalue weighted by Gasteiger charge is -2.06. The van der Waals surface area contributed by atoms with Crippen LogP contribution in [0.2, 0.25) is 0 Å². The minimum Gasteiger partial charge on any atom is -0.261 e. The van der Waals surface area contributed by atoms with Crippen LogP contribution in [0.4, 0.5) is 14.5 Å². The van der Waals surface area contributed by atoms with Crippen LogP contribution in [0.15, 0.2) is 52.8 Å². The summed E-state index contributed by atoms with van der Waals surface area (Å²) in [6.07, 6.45) is 1.08. The highest BCUT2D eigenvalue weighted by atomic mass is 32.2. The van der Waals surface area contributed by atoms with Gasteiger partial charge in [-0.15, -0.1) is 0 Å². The number of nitrogens with zero attached hydrogens (tertiary/aromatic N) is 4. The zero-order valence-corrected chi connectivity index (χ0v) is 11.7. The maximum absolute atomic E-state index is 13.3. The summed E-state index contributed by atoms with van der Waals surface area (Å²) in [4.78, 5) is 18.0. The molecule has 0 amide bonds. The Bertz CT molecular complexity index is 836. The van der Waals surface area contributed by atoms with E-state index in [1.54, 1.807) is 24.3 Å². The van der Waals surface area contributed by atoms with Crippen molar-refractivity contribution in [1.82, 2.24) is 14.5 Å². The van der Waals surface area contributed by atoms with E-state index in [9.17, 15) is 18.9 Å². The van der Waals surface area contributed by atoms with Crippen LogP contribution in [0.3, 0.4) is 0 Å². The molecule has 0 saturated carbocycles. The largest absolute Gasteiger partial charge is 0.321 e. The summed E-state index contributed by atoms with van der Waals surface area (Å²) >= 11 is 0.927. The maximum atomic E-state index is 13.3. The van der Waals surface area contributed by atoms with Crippen molar-refractivity contribution in [2.45, 2.75) is 16.7 Å². The smallest absolute Gasteiger partial charge is 0.261 e. The van der Waals surface area contributed by atoms with Crippen molar-refractivity contribution in [3.8, 4) is 0 Å². The number of fused-ring (bicyclic) bond motifs is 1. The molecule has 22 heavy (non-hydrogen) atoms. The second kappa shape index (κ2) is 5.68. The Hall–Kier alpha value is -2.55. The van der Waals surface area contributed by atoms with Gasteiger partial charge in [0.2, 0.25) is 0 Å². The Kier molecular flexibility index (Phi) is 3.72. The molecule has 9 heteroatoms. The van der Waals surface area contributed by atoms with Crippen LogP contribution < -0.4 is 0 Å². The predicted octanol–water partition coefficient (Wildman–Crippen LogP) is 3.89. The first-order valence-electron chi connectivity index (χ1n) is 6.09. The molecule has 0 N–H and O–H groups in total. The topological polar surface area (TPSA) is 73.8 Å². The number of benzene rings is 1. The van der Waals surface area contributed by atoms with Crippen molar-refractivity contribution in [2.24, 2.45) is 0 Å². The van der Waals surface area contributed by atoms with Gasteiger partial charge >= 0.3 is 6.55 Å². The quantitative estimate of drug-likeness (QED) is 0.538. The van der Waals surface area contributed by atoms with Gasteiger partial charge in [-0.2, -0.15) is 8.78 Å². The van der Waals surface area contributed by atoms with Gasteiger partial charge in [0.25, 0.3) is 5.69 Å². The lowest BCUT2D eigenvalue weighted by molar-refractivity contribution is -0.385. The zero-order valence-electron chi connectivity index (χ0n) is 10.9. The highest BCUT2D eigenvalue weighted by Gasteiger charge is 2.19. The van der Waals surface area contributed by atoms with E-state index in [0.717, 1.165) is 22.5 Å². The summed E-state index contributed by atoms with van der Waals surface area (Å²) in [7, 11) is 0. The van der Waals surface area contributed by atoms with E-state index in [1.807, 2.05) is 0 Å². The standard InChI is InChI=1S/C13H8F2N4O2S/c14-12(15)18-10-4-2-1-3-9(10)17-13(18)22-11-6-5-8(7-16-11)19(20)21/h1-7,12H. The molecule has 2 heterocycles. The number of pyridine rings is 1. The molecule has 0 saturated heterocycles. The van der Waals surface area contributed by atoms with E-state index in [2.05, 4.69) is 9.97 Å². The fourth-order valence-electron chi connectivity index (χ4n) is 1.92. The lowest BCUT2D eigenvalue weighted by Crippen LogP contribution is -2.00. The summed E-state index contributed by atoms with van der Waals surface area (Å²) in [6.45, 7) is -2.74. The van der Waals surface area contributed by atoms with Crippen LogP contribution in [-0.4, -0.2) is 19.5 Å². The molecule has 0 fully saturated rings. The van der Waals surface area contributed by atoms with Gasteiger partial charge in [0, 0.05) is 6.07 Å². The molecule has 0 aliphatic heterocycles. The minimum atomic E-state index is -2.74. The van der Waals surface area contributed by atoms with E-state index >= 15 is 0 Å². The Morgan fingerprint density at radius 1 is 1.23 bits per heavy atom. The van der Waals surface area contributed by atoms with E-state index < -0.39 is 11.5 Å². The molecule has 0 spiro atoms. The fourth-order valence-corrected chi connectivity index (χ4v) is 2.77. The summed E-state index contributed by atoms with van der Waals surface area (Å²) in [5, 5.41) is 11.0. The lowest BCUT2D eigenvalue weighted by atomic mass is 10.3. The SMILES string of the molecule is O=[N+]([O-])c1ccc(Sc2nc3ccccc3n2C(F)F)nc1. The summed E-state index contributed by atoms with van der Waals surface area (Å²) < 4.78 is 27.3. The Balaban J connectivity index is 1.99. The van der Waals surface area contributed by atoms with Crippen LogP contribution in [0.25, 0.3) is 11.0 Å². The number of imidazole rings is 1. The average Bonchev–Trinajstić information content (AvgIpc) is 2.85. The van der Waals surface area contributed by atoms with Crippen molar-refractivity contribution in [1.29, 1.82) is 0 Å². The molecule has 112 valence electrons. The number of rotatable bonds is 4. The van der Waals surface area contributed by atoms with Gasteiger partial charge in [0.15, 0.2) is 5.16 Å². The summed E-state index contributed by atoms with van der Waals surface area (Å²) in [5.41, 5.74) is 0.612. The normalized spacial score (nSPS) is 11.2. The first-order valence-corrected chi connectivity index (χ1v) is 6.91. The Morgan fingerprint density at radius 3 is 2.64 bits per heavy atom. The number of halogens is 2. The van der Waals surface area contributed by atoms with Crippen LogP contribution in [0.5, 0.6) is 0 Å². The monoisotopic (exact) mass is 322 g/mol. The molecular formula is C13H8F2N4O2S. The predicted molar refractivity (Wildman–Crippen MR) is 76.0 cm³/mol. The number of hydrogen-bond acceptors (Lipinski definition) is 5. The molecular weight excluding hydrogens is 314 g/mol. The van der Waals surface area contributed by atoms with Gasteiger partial charge < -0.3 is 0 Å². The molecule has 0 aliphatic carbocycles. The highest BCUT2D eigenvalue weighted by Crippen LogP contribution is 2.32. The third kappa shape index (κ3) is 2.62. The van der Waals surface area contributed by atoms with Gasteiger partial charge in [-0.1, -0.05) is 12.1 Å². The van der Waals surface area contributed by atoms with Crippen molar-refractivity contribution < 1.29 is 13.7 Å². The van der Waals surface area contributed by atoms with E-state index in [0.29, 0.717) is 16.1 Å². The number of aromatic nitrogens is 3. The van der Waals surface area contributed by atoms with Crippen molar-refractivity contribution in [3.63, 3.8) is 0 Å². The number of alkyl halides is 2. The third-order valence-electron chi connectivity index (χ3n) is 2.89. The van der Waals surface area contributed by atoms with Gasteiger partial charge in [-0.25, -0.2) is 9.97 Å². The molecule has 3 rings (SSSR count). The molecule has 0 radical (unpaired) electrons. The van der Waals surface area contributed by atoms with Crippen LogP contribution >= 0.6 is 11.8 Å². The first-order chi connectivity index (χ1) is 10.6. The first kappa shape index (κ1) is 14.4. The molecule has 0 aliphatic rings. The van der Waals surface area contributed by atoms with Crippen LogP contribution in [0, 0.1) is 10.1 Å². The summed E-state index contributed by atoms with van der Waals surface area (Å²) in [5.74, 6) is 0. The van der Waals surface area contributed by atoms with Gasteiger partial charge in [-0.3, -0.25) is 14.7 Å². The van der Waals surface area contributed by atoms with Crippen LogP contribution in [0.1, 0.15) is 6.55 Å². The Morgan fingerprint density at radius 2 is 2.00 bits per heavy atom. The molecule has 1 aromatic carbocycles. The van der Waals surface area contributed by atoms with E-state index in [-0.39, 0.29) is 10.8 Å². The molecule has 0 bridgehead atoms. The van der Waals surface area contributed by atoms with E-state index in [4.69, 9.17) is 0 Å². The molecule has 3 aromatic rings. The molecule has 0 atom stereocenters. The minimum absolute atomic E-state index is 0.0811. The molecule has 0 unspecified atom stereocenters. The van der Waals surface area contributed by atoms with Gasteiger partial charge in [-0.05, 0) is 30.0 Å². The number of para-hydroxylation sites is 2. The second-order valence-corrected chi connectivity index (χ2v) is 5.23. The second-order valence-electron chi connectivity index (χ2n) is 4.24. The van der Waals surface area contributed by atoms with Crippen molar-refractivity contribution >= 4 is 28.5 Å². The highest BCUT2D eigenvalue weighted by molar-refractivity contribution is 7.99. The van der Waals surface area contributed by atoms with Gasteiger partial charge in [0.05, 0.1) is 16.0 Å². The third-order valence-corrected chi connectivity index (χ3v) is 3.81. The summed E-state index contributed by atoms with van der Waals surface area (Å²) in [6, 6.07) is 9.23. The van der Waals surface area contributed by atoms with Gasteiger partial charge in [0.1, 0.15) is 11.2 Å². The number of hydrogen-bond donors (Lipinski definition) is 0. The van der Waals surface area contributed by atoms with E-state index in [1.165, 1.54) is 12.1 Å². The molecule has 6 nitrogen and oxygen atoms in total. The average molecular weight is 322 g/mol. The maximum Gasteiger partial charge on any atom is 0.321 e. The Labute approximate surface area is 127 Å². The van der Waals surface area contributed by atoms with Crippen LogP contribution in [-0.2, 0) is 0 Å². The van der Waals surface area contributed by atoms with Crippen molar-refractivity contribution in [2.75, 3.05) is 0 Å². The molecule has 2 aromatic heterocycles. The number of nitro groups is 1. The fraction of sp³-hybridized carbons (Fsp3) is 0.0769.